The van der Waals surface area contributed by atoms with Gasteiger partial charge in [-0.2, -0.15) is 23.3 Å². The Hall–Kier alpha value is -3.82. The van der Waals surface area contributed by atoms with Gasteiger partial charge in [-0.15, -0.1) is 0 Å². The van der Waals surface area contributed by atoms with Crippen molar-refractivity contribution in [2.45, 2.75) is 20.0 Å². The number of alkyl halides is 3. The molecule has 0 saturated heterocycles. The molecule has 0 spiro atoms. The molecule has 0 aliphatic carbocycles. The summed E-state index contributed by atoms with van der Waals surface area (Å²) in [4.78, 5) is 25.0. The fraction of sp³-hybridized carbons (Fsp3) is 0.150. The highest BCUT2D eigenvalue weighted by Crippen LogP contribution is 2.33. The van der Waals surface area contributed by atoms with Crippen LogP contribution in [0.25, 0.3) is 0 Å². The lowest BCUT2D eigenvalue weighted by atomic mass is 10.1. The molecule has 2 aromatic rings. The lowest BCUT2D eigenvalue weighted by Gasteiger charge is -2.15. The van der Waals surface area contributed by atoms with Gasteiger partial charge in [0.2, 0.25) is 0 Å². The van der Waals surface area contributed by atoms with Crippen LogP contribution in [-0.2, 0) is 11.0 Å². The number of benzene rings is 2. The minimum Gasteiger partial charge on any atom is -0.399 e. The Kier molecular flexibility index (Phi) is 5.50. The number of nitrogens with zero attached hydrogens (tertiary/aromatic N) is 2. The molecule has 0 radical (unpaired) electrons. The normalized spacial score (nSPS) is 15.7. The number of hydrogen-bond acceptors (Lipinski definition) is 5. The number of amides is 2. The third-order valence-corrected chi connectivity index (χ3v) is 4.35. The summed E-state index contributed by atoms with van der Waals surface area (Å²) in [6, 6.07) is 10.6. The highest BCUT2D eigenvalue weighted by molar-refractivity contribution is 6.30. The van der Waals surface area contributed by atoms with Crippen LogP contribution in [0.1, 0.15) is 29.8 Å². The average molecular weight is 417 g/mol. The van der Waals surface area contributed by atoms with Crippen LogP contribution in [0.15, 0.2) is 64.9 Å². The van der Waals surface area contributed by atoms with Gasteiger partial charge in [-0.1, -0.05) is 6.07 Å². The van der Waals surface area contributed by atoms with E-state index < -0.39 is 23.6 Å². The van der Waals surface area contributed by atoms with Crippen LogP contribution in [0.2, 0.25) is 0 Å². The van der Waals surface area contributed by atoms with Crippen molar-refractivity contribution < 1.29 is 22.8 Å². The maximum atomic E-state index is 13.0. The minimum atomic E-state index is -4.54. The van der Waals surface area contributed by atoms with Gasteiger partial charge in [-0.05, 0) is 56.3 Å². The smallest absolute Gasteiger partial charge is 0.399 e. The molecule has 2 amide bonds. The van der Waals surface area contributed by atoms with Crippen LogP contribution in [0.5, 0.6) is 0 Å². The summed E-state index contributed by atoms with van der Waals surface area (Å²) in [5, 5.41) is 4.96. The van der Waals surface area contributed by atoms with E-state index in [1.54, 1.807) is 26.0 Å². The first-order valence-electron chi connectivity index (χ1n) is 8.78. The Bertz CT molecular complexity index is 1060. The molecule has 0 aromatic heterocycles. The highest BCUT2D eigenvalue weighted by atomic mass is 19.4. The quantitative estimate of drug-likeness (QED) is 0.404. The Balaban J connectivity index is 1.78. The summed E-state index contributed by atoms with van der Waals surface area (Å²) in [5.41, 5.74) is 11.4. The zero-order chi connectivity index (χ0) is 22.1. The number of hydrogen-bond donors (Lipinski definition) is 3. The van der Waals surface area contributed by atoms with Crippen molar-refractivity contribution in [3.8, 4) is 0 Å². The number of allylic oxidation sites excluding steroid dienone is 1. The molecule has 4 N–H and O–H groups in total. The molecular weight excluding hydrogens is 399 g/mol. The Morgan fingerprint density at radius 3 is 2.40 bits per heavy atom. The fourth-order valence-electron chi connectivity index (χ4n) is 2.85. The summed E-state index contributed by atoms with van der Waals surface area (Å²) < 4.78 is 38.9. The number of nitrogens with two attached hydrogens (primary N) is 1. The van der Waals surface area contributed by atoms with E-state index in [4.69, 9.17) is 5.73 Å². The third kappa shape index (κ3) is 4.27. The van der Waals surface area contributed by atoms with Gasteiger partial charge in [-0.25, -0.2) is 0 Å². The molecule has 0 unspecified atom stereocenters. The van der Waals surface area contributed by atoms with Gasteiger partial charge in [-0.3, -0.25) is 15.0 Å². The second-order valence-electron chi connectivity index (χ2n) is 6.55. The van der Waals surface area contributed by atoms with Crippen LogP contribution in [0.3, 0.4) is 0 Å². The largest absolute Gasteiger partial charge is 0.416 e. The van der Waals surface area contributed by atoms with Crippen LogP contribution in [0.4, 0.5) is 24.5 Å². The van der Waals surface area contributed by atoms with E-state index in [2.05, 4.69) is 16.0 Å². The minimum absolute atomic E-state index is 0.0112. The van der Waals surface area contributed by atoms with Crippen LogP contribution in [-0.4, -0.2) is 17.5 Å². The highest BCUT2D eigenvalue weighted by Gasteiger charge is 2.34. The van der Waals surface area contributed by atoms with E-state index in [1.165, 1.54) is 24.3 Å². The van der Waals surface area contributed by atoms with Gasteiger partial charge in [0.05, 0.1) is 22.5 Å². The van der Waals surface area contributed by atoms with Crippen molar-refractivity contribution in [2.75, 3.05) is 10.7 Å². The van der Waals surface area contributed by atoms with Gasteiger partial charge in [0.1, 0.15) is 0 Å². The predicted molar refractivity (Wildman–Crippen MR) is 106 cm³/mol. The number of hydrazone groups is 1. The van der Waals surface area contributed by atoms with E-state index in [1.807, 2.05) is 0 Å². The predicted octanol–water partition coefficient (Wildman–Crippen LogP) is 3.22. The molecule has 156 valence electrons. The van der Waals surface area contributed by atoms with Crippen LogP contribution >= 0.6 is 0 Å². The number of nitrogens with one attached hydrogen (secondary N) is 2. The SMILES string of the molecule is CC1=NN(c2cccc(C(F)(F)F)c2)C(=O)/C1=C(/C)NNC(=O)c1ccc(N)cc1. The first-order valence-corrected chi connectivity index (χ1v) is 8.78. The van der Waals surface area contributed by atoms with Gasteiger partial charge >= 0.3 is 6.18 Å². The second-order valence-corrected chi connectivity index (χ2v) is 6.55. The summed E-state index contributed by atoms with van der Waals surface area (Å²) in [6.07, 6.45) is -4.54. The van der Waals surface area contributed by atoms with Crippen molar-refractivity contribution in [3.05, 3.63) is 70.9 Å². The zero-order valence-corrected chi connectivity index (χ0v) is 16.0. The van der Waals surface area contributed by atoms with Crippen molar-refractivity contribution in [1.29, 1.82) is 0 Å². The molecule has 1 aliphatic rings. The zero-order valence-electron chi connectivity index (χ0n) is 16.0. The van der Waals surface area contributed by atoms with Gasteiger partial charge in [0.15, 0.2) is 0 Å². The molecular formula is C20H18F3N5O2. The second kappa shape index (κ2) is 7.90. The Morgan fingerprint density at radius 2 is 1.77 bits per heavy atom. The van der Waals surface area contributed by atoms with Crippen LogP contribution < -0.4 is 21.6 Å². The van der Waals surface area contributed by atoms with Crippen molar-refractivity contribution in [2.24, 2.45) is 5.10 Å². The summed E-state index contributed by atoms with van der Waals surface area (Å²) in [6.45, 7) is 3.10. The van der Waals surface area contributed by atoms with Crippen molar-refractivity contribution >= 4 is 28.9 Å². The molecule has 7 nitrogen and oxygen atoms in total. The van der Waals surface area contributed by atoms with Crippen molar-refractivity contribution in [1.82, 2.24) is 10.9 Å². The number of rotatable bonds is 4. The van der Waals surface area contributed by atoms with E-state index in [-0.39, 0.29) is 11.3 Å². The number of carbonyl (C=O) groups is 2. The number of nitrogen functional groups attached to an aromatic ring is 1. The lowest BCUT2D eigenvalue weighted by molar-refractivity contribution is -0.137. The van der Waals surface area contributed by atoms with E-state index in [0.717, 1.165) is 17.1 Å². The third-order valence-electron chi connectivity index (χ3n) is 4.35. The number of anilines is 2. The van der Waals surface area contributed by atoms with E-state index in [9.17, 15) is 22.8 Å². The van der Waals surface area contributed by atoms with Gasteiger partial charge in [0.25, 0.3) is 11.8 Å². The number of carbonyl (C=O) groups excluding carboxylic acids is 2. The molecule has 1 aliphatic heterocycles. The summed E-state index contributed by atoms with van der Waals surface area (Å²) in [7, 11) is 0. The molecule has 30 heavy (non-hydrogen) atoms. The molecule has 0 fully saturated rings. The van der Waals surface area contributed by atoms with Gasteiger partial charge < -0.3 is 11.2 Å². The fourth-order valence-corrected chi connectivity index (χ4v) is 2.85. The van der Waals surface area contributed by atoms with E-state index >= 15 is 0 Å². The average Bonchev–Trinajstić information content (AvgIpc) is 3.00. The van der Waals surface area contributed by atoms with Crippen molar-refractivity contribution in [3.63, 3.8) is 0 Å². The maximum Gasteiger partial charge on any atom is 0.416 e. The molecule has 0 atom stereocenters. The first-order chi connectivity index (χ1) is 14.1. The topological polar surface area (TPSA) is 99.8 Å². The van der Waals surface area contributed by atoms with Gasteiger partial charge in [0, 0.05) is 16.9 Å². The maximum absolute atomic E-state index is 13.0. The molecule has 0 saturated carbocycles. The Labute approximate surface area is 170 Å². The number of halogens is 3. The van der Waals surface area contributed by atoms with E-state index in [0.29, 0.717) is 22.7 Å². The molecule has 3 rings (SSSR count). The summed E-state index contributed by atoms with van der Waals surface area (Å²) in [5.74, 6) is -1.07. The number of hydrazine groups is 1. The molecule has 10 heteroatoms. The standard InChI is InChI=1S/C20H18F3N5O2/c1-11(25-26-18(29)13-6-8-15(24)9-7-13)17-12(2)27-28(19(17)30)16-5-3-4-14(10-16)20(21,22)23/h3-10,25H,24H2,1-2H3,(H,26,29)/b17-11-. The monoisotopic (exact) mass is 417 g/mol. The lowest BCUT2D eigenvalue weighted by Crippen LogP contribution is -2.37. The van der Waals surface area contributed by atoms with Crippen LogP contribution in [0, 0.1) is 0 Å². The molecule has 1 heterocycles. The molecule has 2 aromatic carbocycles. The first kappa shape index (κ1) is 20.9. The molecule has 0 bridgehead atoms. The Morgan fingerprint density at radius 1 is 1.10 bits per heavy atom. The summed E-state index contributed by atoms with van der Waals surface area (Å²) >= 11 is 0.